The number of esters is 1. The molecule has 0 bridgehead atoms. The second kappa shape index (κ2) is 9.92. The minimum absolute atomic E-state index is 0.319. The molecule has 0 atom stereocenters. The standard InChI is InChI=1S/C21H22BrNO3/c1-3-15-9-7-10-16(4-2)21(15)23-19(24)14-26-20(25)13-12-17-8-5-6-11-18(17)22/h5-13H,3-4,14H2,1-2H3,(H,23,24)/b13-12+. The summed E-state index contributed by atoms with van der Waals surface area (Å²) in [7, 11) is 0. The molecule has 0 unspecified atom stereocenters. The van der Waals surface area contributed by atoms with Crippen molar-refractivity contribution in [2.45, 2.75) is 26.7 Å². The molecule has 4 nitrogen and oxygen atoms in total. The van der Waals surface area contributed by atoms with E-state index in [4.69, 9.17) is 4.74 Å². The van der Waals surface area contributed by atoms with Crippen LogP contribution in [0, 0.1) is 0 Å². The Morgan fingerprint density at radius 2 is 1.69 bits per heavy atom. The minimum atomic E-state index is -0.560. The van der Waals surface area contributed by atoms with E-state index in [0.717, 1.165) is 39.7 Å². The van der Waals surface area contributed by atoms with Crippen LogP contribution in [0.1, 0.15) is 30.5 Å². The lowest BCUT2D eigenvalue weighted by molar-refractivity contribution is -0.142. The highest BCUT2D eigenvalue weighted by Gasteiger charge is 2.11. The maximum absolute atomic E-state index is 12.2. The van der Waals surface area contributed by atoms with Crippen LogP contribution in [-0.4, -0.2) is 18.5 Å². The van der Waals surface area contributed by atoms with Gasteiger partial charge in [-0.25, -0.2) is 4.79 Å². The van der Waals surface area contributed by atoms with Crippen molar-refractivity contribution in [3.05, 3.63) is 69.7 Å². The molecule has 2 rings (SSSR count). The first-order chi connectivity index (χ1) is 12.5. The molecule has 2 aromatic carbocycles. The molecule has 0 aliphatic rings. The summed E-state index contributed by atoms with van der Waals surface area (Å²) >= 11 is 3.41. The second-order valence-electron chi connectivity index (χ2n) is 5.67. The van der Waals surface area contributed by atoms with Crippen LogP contribution in [0.5, 0.6) is 0 Å². The zero-order valence-corrected chi connectivity index (χ0v) is 16.5. The lowest BCUT2D eigenvalue weighted by atomic mass is 10.0. The number of benzene rings is 2. The molecule has 0 heterocycles. The summed E-state index contributed by atoms with van der Waals surface area (Å²) in [5, 5.41) is 2.87. The van der Waals surface area contributed by atoms with E-state index in [-0.39, 0.29) is 12.5 Å². The highest BCUT2D eigenvalue weighted by molar-refractivity contribution is 9.10. The largest absolute Gasteiger partial charge is 0.452 e. The molecule has 5 heteroatoms. The van der Waals surface area contributed by atoms with Gasteiger partial charge in [0.25, 0.3) is 5.91 Å². The Morgan fingerprint density at radius 1 is 1.04 bits per heavy atom. The van der Waals surface area contributed by atoms with E-state index in [1.807, 2.05) is 56.3 Å². The zero-order chi connectivity index (χ0) is 18.9. The number of hydrogen-bond donors (Lipinski definition) is 1. The van der Waals surface area contributed by atoms with Crippen LogP contribution < -0.4 is 5.32 Å². The quantitative estimate of drug-likeness (QED) is 0.523. The Kier molecular flexibility index (Phi) is 7.60. The van der Waals surface area contributed by atoms with E-state index in [1.165, 1.54) is 6.08 Å². The van der Waals surface area contributed by atoms with Gasteiger partial charge in [-0.3, -0.25) is 4.79 Å². The Balaban J connectivity index is 1.93. The fourth-order valence-corrected chi connectivity index (χ4v) is 2.95. The van der Waals surface area contributed by atoms with Gasteiger partial charge >= 0.3 is 5.97 Å². The number of amides is 1. The average molecular weight is 416 g/mol. The van der Waals surface area contributed by atoms with Gasteiger partial charge in [0.05, 0.1) is 0 Å². The molecule has 1 N–H and O–H groups in total. The number of nitrogens with one attached hydrogen (secondary N) is 1. The third kappa shape index (κ3) is 5.56. The fraction of sp³-hybridized carbons (Fsp3) is 0.238. The summed E-state index contributed by atoms with van der Waals surface area (Å²) in [5.74, 6) is -0.904. The molecule has 0 aliphatic carbocycles. The first kappa shape index (κ1) is 19.9. The van der Waals surface area contributed by atoms with Crippen LogP contribution in [0.15, 0.2) is 53.0 Å². The lowest BCUT2D eigenvalue weighted by Gasteiger charge is -2.14. The summed E-state index contributed by atoms with van der Waals surface area (Å²) in [5.41, 5.74) is 3.82. The summed E-state index contributed by atoms with van der Waals surface area (Å²) in [4.78, 5) is 24.0. The molecular formula is C21H22BrNO3. The van der Waals surface area contributed by atoms with Crippen molar-refractivity contribution in [1.82, 2.24) is 0 Å². The van der Waals surface area contributed by atoms with Crippen molar-refractivity contribution in [2.75, 3.05) is 11.9 Å². The first-order valence-electron chi connectivity index (χ1n) is 8.55. The summed E-state index contributed by atoms with van der Waals surface area (Å²) in [6, 6.07) is 13.5. The molecule has 26 heavy (non-hydrogen) atoms. The predicted octanol–water partition coefficient (Wildman–Crippen LogP) is 4.77. The average Bonchev–Trinajstić information content (AvgIpc) is 2.65. The molecule has 2 aromatic rings. The van der Waals surface area contributed by atoms with E-state index in [0.29, 0.717) is 0 Å². The van der Waals surface area contributed by atoms with Crippen molar-refractivity contribution in [3.8, 4) is 0 Å². The van der Waals surface area contributed by atoms with Gasteiger partial charge in [-0.15, -0.1) is 0 Å². The Labute approximate surface area is 162 Å². The second-order valence-corrected chi connectivity index (χ2v) is 6.52. The van der Waals surface area contributed by atoms with Gasteiger partial charge in [0.15, 0.2) is 6.61 Å². The highest BCUT2D eigenvalue weighted by atomic mass is 79.9. The van der Waals surface area contributed by atoms with Crippen LogP contribution in [-0.2, 0) is 27.2 Å². The van der Waals surface area contributed by atoms with Gasteiger partial charge in [0.2, 0.25) is 0 Å². The Bertz CT molecular complexity index is 792. The third-order valence-electron chi connectivity index (χ3n) is 3.91. The molecule has 0 aromatic heterocycles. The van der Waals surface area contributed by atoms with E-state index in [2.05, 4.69) is 21.2 Å². The first-order valence-corrected chi connectivity index (χ1v) is 9.34. The molecular weight excluding hydrogens is 394 g/mol. The summed E-state index contributed by atoms with van der Waals surface area (Å²) < 4.78 is 5.91. The lowest BCUT2D eigenvalue weighted by Crippen LogP contribution is -2.21. The maximum Gasteiger partial charge on any atom is 0.331 e. The molecule has 0 saturated heterocycles. The highest BCUT2D eigenvalue weighted by Crippen LogP contribution is 2.22. The molecule has 0 fully saturated rings. The molecule has 1 amide bonds. The number of halogens is 1. The molecule has 136 valence electrons. The van der Waals surface area contributed by atoms with Gasteiger partial charge in [0, 0.05) is 16.2 Å². The van der Waals surface area contributed by atoms with Crippen LogP contribution in [0.2, 0.25) is 0 Å². The van der Waals surface area contributed by atoms with Crippen molar-refractivity contribution < 1.29 is 14.3 Å². The molecule has 0 spiro atoms. The van der Waals surface area contributed by atoms with Crippen LogP contribution in [0.4, 0.5) is 5.69 Å². The number of carbonyl (C=O) groups is 2. The number of para-hydroxylation sites is 1. The zero-order valence-electron chi connectivity index (χ0n) is 14.9. The van der Waals surface area contributed by atoms with Gasteiger partial charge in [-0.1, -0.05) is 66.2 Å². The van der Waals surface area contributed by atoms with Crippen molar-refractivity contribution in [3.63, 3.8) is 0 Å². The minimum Gasteiger partial charge on any atom is -0.452 e. The van der Waals surface area contributed by atoms with Gasteiger partial charge in [-0.05, 0) is 41.7 Å². The smallest absolute Gasteiger partial charge is 0.331 e. The number of aryl methyl sites for hydroxylation is 2. The number of anilines is 1. The molecule has 0 radical (unpaired) electrons. The molecule has 0 aliphatic heterocycles. The van der Waals surface area contributed by atoms with E-state index in [1.54, 1.807) is 6.08 Å². The van der Waals surface area contributed by atoms with Crippen molar-refractivity contribution in [2.24, 2.45) is 0 Å². The maximum atomic E-state index is 12.2. The van der Waals surface area contributed by atoms with Crippen LogP contribution >= 0.6 is 15.9 Å². The van der Waals surface area contributed by atoms with Gasteiger partial charge < -0.3 is 10.1 Å². The van der Waals surface area contributed by atoms with Crippen molar-refractivity contribution >= 4 is 39.6 Å². The third-order valence-corrected chi connectivity index (χ3v) is 4.64. The Morgan fingerprint density at radius 3 is 2.31 bits per heavy atom. The van der Waals surface area contributed by atoms with Gasteiger partial charge in [-0.2, -0.15) is 0 Å². The number of rotatable bonds is 7. The monoisotopic (exact) mass is 415 g/mol. The predicted molar refractivity (Wildman–Crippen MR) is 108 cm³/mol. The van der Waals surface area contributed by atoms with E-state index < -0.39 is 5.97 Å². The summed E-state index contributed by atoms with van der Waals surface area (Å²) in [6.45, 7) is 3.76. The van der Waals surface area contributed by atoms with E-state index in [9.17, 15) is 9.59 Å². The van der Waals surface area contributed by atoms with Crippen LogP contribution in [0.3, 0.4) is 0 Å². The Hall–Kier alpha value is -2.40. The number of ether oxygens (including phenoxy) is 1. The topological polar surface area (TPSA) is 55.4 Å². The van der Waals surface area contributed by atoms with E-state index >= 15 is 0 Å². The normalized spacial score (nSPS) is 10.7. The SMILES string of the molecule is CCc1cccc(CC)c1NC(=O)COC(=O)/C=C/c1ccccc1Br. The van der Waals surface area contributed by atoms with Gasteiger partial charge in [0.1, 0.15) is 0 Å². The van der Waals surface area contributed by atoms with Crippen LogP contribution in [0.25, 0.3) is 6.08 Å². The fourth-order valence-electron chi connectivity index (χ4n) is 2.53. The van der Waals surface area contributed by atoms with Crippen molar-refractivity contribution in [1.29, 1.82) is 0 Å². The molecule has 0 saturated carbocycles. The summed E-state index contributed by atoms with van der Waals surface area (Å²) in [6.07, 6.45) is 4.59. The number of hydrogen-bond acceptors (Lipinski definition) is 3. The number of carbonyl (C=O) groups excluding carboxylic acids is 2.